The second-order valence-corrected chi connectivity index (χ2v) is 9.29. The van der Waals surface area contributed by atoms with E-state index in [1.165, 1.54) is 19.3 Å². The van der Waals surface area contributed by atoms with Gasteiger partial charge in [0.15, 0.2) is 5.96 Å². The van der Waals surface area contributed by atoms with Crippen LogP contribution in [0.4, 0.5) is 0 Å². The minimum Gasteiger partial charge on any atom is -0.357 e. The fourth-order valence-corrected chi connectivity index (χ4v) is 5.06. The molecule has 0 aromatic rings. The summed E-state index contributed by atoms with van der Waals surface area (Å²) in [5, 5.41) is 7.00. The summed E-state index contributed by atoms with van der Waals surface area (Å²) in [6.07, 6.45) is 6.91. The van der Waals surface area contributed by atoms with Gasteiger partial charge in [0, 0.05) is 63.8 Å². The van der Waals surface area contributed by atoms with Gasteiger partial charge in [0.05, 0.1) is 6.54 Å². The van der Waals surface area contributed by atoms with Crippen molar-refractivity contribution in [1.82, 2.24) is 25.3 Å². The zero-order valence-electron chi connectivity index (χ0n) is 19.9. The molecular weight excluding hydrogens is 503 g/mol. The van der Waals surface area contributed by atoms with Crippen LogP contribution in [0.15, 0.2) is 4.99 Å². The normalized spacial score (nSPS) is 25.2. The number of amides is 1. The number of carbonyl (C=O) groups excluding carboxylic acids is 1. The molecule has 2 saturated heterocycles. The van der Waals surface area contributed by atoms with E-state index in [1.807, 2.05) is 0 Å². The summed E-state index contributed by atoms with van der Waals surface area (Å²) in [4.78, 5) is 24.9. The standard InChI is InChI=1S/C23H44N6O.HI/c1-4-24-23(25-17-19(3)28-15-13-27(5-2)14-16-28)26-21-11-12-29(18-21)22(30)20-9-7-6-8-10-20;/h19-21H,4-18H2,1-3H3,(H2,24,25,26);1H. The first-order valence-corrected chi connectivity index (χ1v) is 12.4. The Kier molecular flexibility index (Phi) is 11.9. The number of carbonyl (C=O) groups is 1. The smallest absolute Gasteiger partial charge is 0.225 e. The Morgan fingerprint density at radius 3 is 2.39 bits per heavy atom. The van der Waals surface area contributed by atoms with Gasteiger partial charge in [0.25, 0.3) is 0 Å². The zero-order chi connectivity index (χ0) is 21.3. The summed E-state index contributed by atoms with van der Waals surface area (Å²) in [6.45, 7) is 15.7. The van der Waals surface area contributed by atoms with Crippen molar-refractivity contribution in [3.05, 3.63) is 0 Å². The van der Waals surface area contributed by atoms with Crippen molar-refractivity contribution in [2.24, 2.45) is 10.9 Å². The highest BCUT2D eigenvalue weighted by Crippen LogP contribution is 2.26. The molecule has 31 heavy (non-hydrogen) atoms. The van der Waals surface area contributed by atoms with Gasteiger partial charge < -0.3 is 20.4 Å². The Labute approximate surface area is 206 Å². The van der Waals surface area contributed by atoms with Gasteiger partial charge in [0.2, 0.25) is 5.91 Å². The second kappa shape index (κ2) is 13.8. The Hall–Kier alpha value is -0.610. The molecule has 0 aromatic heterocycles. The lowest BCUT2D eigenvalue weighted by Gasteiger charge is -2.37. The summed E-state index contributed by atoms with van der Waals surface area (Å²) < 4.78 is 0. The Morgan fingerprint density at radius 2 is 1.74 bits per heavy atom. The first-order valence-electron chi connectivity index (χ1n) is 12.4. The number of hydrogen-bond donors (Lipinski definition) is 2. The number of piperazine rings is 1. The molecule has 2 N–H and O–H groups in total. The van der Waals surface area contributed by atoms with Gasteiger partial charge >= 0.3 is 0 Å². The van der Waals surface area contributed by atoms with Crippen LogP contribution in [0.3, 0.4) is 0 Å². The number of rotatable bonds is 7. The second-order valence-electron chi connectivity index (χ2n) is 9.29. The predicted molar refractivity (Wildman–Crippen MR) is 139 cm³/mol. The van der Waals surface area contributed by atoms with Crippen LogP contribution in [0.25, 0.3) is 0 Å². The van der Waals surface area contributed by atoms with Gasteiger partial charge in [0.1, 0.15) is 0 Å². The van der Waals surface area contributed by atoms with Crippen molar-refractivity contribution in [3.63, 3.8) is 0 Å². The highest BCUT2D eigenvalue weighted by atomic mass is 127. The third-order valence-electron chi connectivity index (χ3n) is 7.13. The van der Waals surface area contributed by atoms with Crippen LogP contribution in [0, 0.1) is 5.92 Å². The minimum atomic E-state index is 0. The van der Waals surface area contributed by atoms with Crippen LogP contribution in [-0.4, -0.2) is 97.6 Å². The molecule has 2 unspecified atom stereocenters. The van der Waals surface area contributed by atoms with E-state index < -0.39 is 0 Å². The lowest BCUT2D eigenvalue weighted by molar-refractivity contribution is -0.135. The van der Waals surface area contributed by atoms with Gasteiger partial charge in [-0.1, -0.05) is 26.2 Å². The Balaban J connectivity index is 0.00000341. The average molecular weight is 549 g/mol. The van der Waals surface area contributed by atoms with Crippen LogP contribution in [0.2, 0.25) is 0 Å². The van der Waals surface area contributed by atoms with Crippen LogP contribution < -0.4 is 10.6 Å². The summed E-state index contributed by atoms with van der Waals surface area (Å²) in [7, 11) is 0. The van der Waals surface area contributed by atoms with Crippen molar-refractivity contribution in [2.75, 3.05) is 58.9 Å². The third kappa shape index (κ3) is 8.03. The van der Waals surface area contributed by atoms with Crippen molar-refractivity contribution < 1.29 is 4.79 Å². The number of nitrogens with one attached hydrogen (secondary N) is 2. The van der Waals surface area contributed by atoms with E-state index in [0.29, 0.717) is 18.0 Å². The van der Waals surface area contributed by atoms with Gasteiger partial charge in [-0.3, -0.25) is 14.7 Å². The maximum Gasteiger partial charge on any atom is 0.225 e. The summed E-state index contributed by atoms with van der Waals surface area (Å²) in [6, 6.07) is 0.756. The molecule has 0 spiro atoms. The SMILES string of the molecule is CCNC(=NCC(C)N1CCN(CC)CC1)NC1CCN(C(=O)C2CCCCC2)C1.I. The predicted octanol–water partition coefficient (Wildman–Crippen LogP) is 2.37. The maximum atomic E-state index is 12.8. The molecule has 2 aliphatic heterocycles. The van der Waals surface area contributed by atoms with E-state index in [9.17, 15) is 4.79 Å². The molecule has 7 nitrogen and oxygen atoms in total. The fraction of sp³-hybridized carbons (Fsp3) is 0.913. The molecule has 2 heterocycles. The van der Waals surface area contributed by atoms with Crippen LogP contribution in [0.1, 0.15) is 59.3 Å². The molecule has 3 aliphatic rings. The molecule has 3 rings (SSSR count). The van der Waals surface area contributed by atoms with Gasteiger partial charge in [-0.2, -0.15) is 0 Å². The molecule has 180 valence electrons. The number of guanidine groups is 1. The quantitative estimate of drug-likeness (QED) is 0.291. The van der Waals surface area contributed by atoms with Gasteiger partial charge in [-0.25, -0.2) is 0 Å². The third-order valence-corrected chi connectivity index (χ3v) is 7.13. The summed E-state index contributed by atoms with van der Waals surface area (Å²) >= 11 is 0. The first kappa shape index (κ1) is 26.6. The van der Waals surface area contributed by atoms with Crippen molar-refractivity contribution >= 4 is 35.8 Å². The largest absolute Gasteiger partial charge is 0.357 e. The highest BCUT2D eigenvalue weighted by molar-refractivity contribution is 14.0. The minimum absolute atomic E-state index is 0. The first-order chi connectivity index (χ1) is 14.6. The average Bonchev–Trinajstić information content (AvgIpc) is 3.26. The van der Waals surface area contributed by atoms with E-state index in [2.05, 4.69) is 46.1 Å². The molecule has 0 bridgehead atoms. The molecule has 0 radical (unpaired) electrons. The fourth-order valence-electron chi connectivity index (χ4n) is 5.06. The molecule has 1 saturated carbocycles. The molecule has 2 atom stereocenters. The van der Waals surface area contributed by atoms with Crippen molar-refractivity contribution in [2.45, 2.75) is 71.4 Å². The van der Waals surface area contributed by atoms with E-state index >= 15 is 0 Å². The monoisotopic (exact) mass is 548 g/mol. The number of aliphatic imine (C=N–C) groups is 1. The van der Waals surface area contributed by atoms with Gasteiger partial charge in [-0.05, 0) is 39.7 Å². The molecule has 1 aliphatic carbocycles. The van der Waals surface area contributed by atoms with Crippen molar-refractivity contribution in [1.29, 1.82) is 0 Å². The van der Waals surface area contributed by atoms with Gasteiger partial charge in [-0.15, -0.1) is 24.0 Å². The Bertz CT molecular complexity index is 560. The van der Waals surface area contributed by atoms with Crippen LogP contribution in [0.5, 0.6) is 0 Å². The lowest BCUT2D eigenvalue weighted by Crippen LogP contribution is -2.50. The zero-order valence-corrected chi connectivity index (χ0v) is 22.3. The Morgan fingerprint density at radius 1 is 1.03 bits per heavy atom. The highest BCUT2D eigenvalue weighted by Gasteiger charge is 2.31. The maximum absolute atomic E-state index is 12.8. The summed E-state index contributed by atoms with van der Waals surface area (Å²) in [5.74, 6) is 1.56. The molecular formula is C23H45IN6O. The molecule has 8 heteroatoms. The number of nitrogens with zero attached hydrogens (tertiary/aromatic N) is 4. The van der Waals surface area contributed by atoms with E-state index in [4.69, 9.17) is 4.99 Å². The number of hydrogen-bond acceptors (Lipinski definition) is 4. The number of likely N-dealkylation sites (N-methyl/N-ethyl adjacent to an activating group) is 1. The van der Waals surface area contributed by atoms with E-state index in [0.717, 1.165) is 84.1 Å². The topological polar surface area (TPSA) is 63.2 Å². The van der Waals surface area contributed by atoms with E-state index in [1.54, 1.807) is 0 Å². The van der Waals surface area contributed by atoms with E-state index in [-0.39, 0.29) is 29.9 Å². The van der Waals surface area contributed by atoms with Crippen molar-refractivity contribution in [3.8, 4) is 0 Å². The number of halogens is 1. The lowest BCUT2D eigenvalue weighted by atomic mass is 9.88. The molecule has 0 aromatic carbocycles. The number of likely N-dealkylation sites (tertiary alicyclic amines) is 1. The molecule has 3 fully saturated rings. The summed E-state index contributed by atoms with van der Waals surface area (Å²) in [5.41, 5.74) is 0. The molecule has 1 amide bonds. The van der Waals surface area contributed by atoms with Crippen LogP contribution >= 0.6 is 24.0 Å². The van der Waals surface area contributed by atoms with Crippen LogP contribution in [-0.2, 0) is 4.79 Å².